The molecule has 3 nitrogen and oxygen atoms in total. The number of alkyl halides is 3. The van der Waals surface area contributed by atoms with Gasteiger partial charge in [-0.25, -0.2) is 0 Å². The van der Waals surface area contributed by atoms with Crippen molar-refractivity contribution < 1.29 is 13.2 Å². The molecule has 0 atom stereocenters. The van der Waals surface area contributed by atoms with Crippen LogP contribution in [-0.2, 0) is 6.18 Å². The van der Waals surface area contributed by atoms with E-state index in [-0.39, 0.29) is 5.52 Å². The molecule has 0 saturated carbocycles. The number of hydrogen-bond acceptors (Lipinski definition) is 2. The summed E-state index contributed by atoms with van der Waals surface area (Å²) in [6.07, 6.45) is -2.31. The number of hydrogen-bond donors (Lipinski definition) is 1. The quantitative estimate of drug-likeness (QED) is 0.728. The molecular formula is C9H5F3N2O. The van der Waals surface area contributed by atoms with E-state index in [1.54, 1.807) is 0 Å². The van der Waals surface area contributed by atoms with Crippen molar-refractivity contribution in [2.45, 2.75) is 6.18 Å². The highest BCUT2D eigenvalue weighted by Crippen LogP contribution is 2.30. The molecule has 0 radical (unpaired) electrons. The number of halogens is 3. The molecule has 2 rings (SSSR count). The Morgan fingerprint density at radius 3 is 2.67 bits per heavy atom. The summed E-state index contributed by atoms with van der Waals surface area (Å²) in [4.78, 5) is 17.0. The molecule has 2 aromatic heterocycles. The maximum atomic E-state index is 12.5. The predicted octanol–water partition coefficient (Wildman–Crippen LogP) is 1.94. The lowest BCUT2D eigenvalue weighted by molar-refractivity contribution is -0.139. The van der Waals surface area contributed by atoms with Gasteiger partial charge in [-0.2, -0.15) is 13.2 Å². The molecular weight excluding hydrogens is 209 g/mol. The van der Waals surface area contributed by atoms with Crippen molar-refractivity contribution in [2.24, 2.45) is 0 Å². The lowest BCUT2D eigenvalue weighted by Gasteiger charge is -2.07. The highest BCUT2D eigenvalue weighted by molar-refractivity contribution is 5.80. The zero-order valence-electron chi connectivity index (χ0n) is 7.30. The fourth-order valence-corrected chi connectivity index (χ4v) is 1.34. The third kappa shape index (κ3) is 1.58. The topological polar surface area (TPSA) is 45.8 Å². The molecule has 2 aromatic rings. The van der Waals surface area contributed by atoms with Gasteiger partial charge in [0.05, 0.1) is 10.9 Å². The van der Waals surface area contributed by atoms with Crippen LogP contribution in [0, 0.1) is 0 Å². The summed E-state index contributed by atoms with van der Waals surface area (Å²) in [5.41, 5.74) is -1.71. The van der Waals surface area contributed by atoms with E-state index in [1.807, 2.05) is 0 Å². The summed E-state index contributed by atoms with van der Waals surface area (Å²) in [5.74, 6) is 0. The van der Waals surface area contributed by atoms with Crippen LogP contribution >= 0.6 is 0 Å². The first-order valence-electron chi connectivity index (χ1n) is 4.04. The fourth-order valence-electron chi connectivity index (χ4n) is 1.34. The largest absolute Gasteiger partial charge is 0.434 e. The molecule has 2 heterocycles. The normalized spacial score (nSPS) is 11.9. The maximum Gasteiger partial charge on any atom is 0.434 e. The fraction of sp³-hybridized carbons (Fsp3) is 0.111. The molecule has 0 saturated heterocycles. The third-order valence-electron chi connectivity index (χ3n) is 1.94. The molecule has 6 heteroatoms. The first-order chi connectivity index (χ1) is 7.00. The van der Waals surface area contributed by atoms with Gasteiger partial charge in [0.15, 0.2) is 11.1 Å². The summed E-state index contributed by atoms with van der Waals surface area (Å²) in [6.45, 7) is 0. The second kappa shape index (κ2) is 3.08. The number of H-pyrrole nitrogens is 1. The highest BCUT2D eigenvalue weighted by atomic mass is 19.4. The van der Waals surface area contributed by atoms with Crippen molar-refractivity contribution in [3.63, 3.8) is 0 Å². The zero-order chi connectivity index (χ0) is 11.1. The molecule has 0 amide bonds. The van der Waals surface area contributed by atoms with Crippen molar-refractivity contribution in [3.05, 3.63) is 40.4 Å². The molecule has 0 aliphatic rings. The Balaban J connectivity index is 2.93. The van der Waals surface area contributed by atoms with Gasteiger partial charge in [0.2, 0.25) is 0 Å². The second-order valence-corrected chi connectivity index (χ2v) is 2.92. The lowest BCUT2D eigenvalue weighted by Crippen LogP contribution is -2.14. The van der Waals surface area contributed by atoms with E-state index in [0.717, 1.165) is 12.3 Å². The van der Waals surface area contributed by atoms with Crippen molar-refractivity contribution in [1.29, 1.82) is 0 Å². The third-order valence-corrected chi connectivity index (χ3v) is 1.94. The van der Waals surface area contributed by atoms with Gasteiger partial charge < -0.3 is 4.98 Å². The van der Waals surface area contributed by atoms with Crippen LogP contribution < -0.4 is 5.43 Å². The molecule has 78 valence electrons. The van der Waals surface area contributed by atoms with Gasteiger partial charge in [-0.15, -0.1) is 0 Å². The summed E-state index contributed by atoms with van der Waals surface area (Å²) in [6, 6.07) is 2.37. The van der Waals surface area contributed by atoms with E-state index in [1.165, 1.54) is 12.3 Å². The summed E-state index contributed by atoms with van der Waals surface area (Å²) in [5, 5.41) is -0.424. The van der Waals surface area contributed by atoms with Crippen molar-refractivity contribution in [2.75, 3.05) is 0 Å². The monoisotopic (exact) mass is 214 g/mol. The van der Waals surface area contributed by atoms with Crippen LogP contribution in [0.25, 0.3) is 10.9 Å². The summed E-state index contributed by atoms with van der Waals surface area (Å²) in [7, 11) is 0. The standard InChI is InChI=1S/C9H5F3N2O/c10-9(11,12)8-7-5(1-3-14-8)13-4-2-6(7)15/h1-4H,(H,13,15). The number of rotatable bonds is 0. The highest BCUT2D eigenvalue weighted by Gasteiger charge is 2.35. The van der Waals surface area contributed by atoms with Crippen molar-refractivity contribution >= 4 is 10.9 Å². The lowest BCUT2D eigenvalue weighted by atomic mass is 10.2. The minimum absolute atomic E-state index is 0.129. The Bertz CT molecular complexity index is 554. The van der Waals surface area contributed by atoms with Crippen LogP contribution in [0.4, 0.5) is 13.2 Å². The first kappa shape index (κ1) is 9.70. The Kier molecular flexibility index (Phi) is 1.99. The molecule has 0 unspecified atom stereocenters. The smallest absolute Gasteiger partial charge is 0.361 e. The van der Waals surface area contributed by atoms with E-state index in [4.69, 9.17) is 0 Å². The van der Waals surface area contributed by atoms with E-state index in [9.17, 15) is 18.0 Å². The molecule has 0 aliphatic carbocycles. The maximum absolute atomic E-state index is 12.5. The van der Waals surface area contributed by atoms with E-state index < -0.39 is 22.7 Å². The Morgan fingerprint density at radius 1 is 1.27 bits per heavy atom. The van der Waals surface area contributed by atoms with Crippen LogP contribution in [-0.4, -0.2) is 9.97 Å². The minimum atomic E-state index is -4.62. The van der Waals surface area contributed by atoms with Gasteiger partial charge in [-0.3, -0.25) is 9.78 Å². The molecule has 0 aromatic carbocycles. The predicted molar refractivity (Wildman–Crippen MR) is 47.4 cm³/mol. The first-order valence-corrected chi connectivity index (χ1v) is 4.04. The molecule has 0 aliphatic heterocycles. The van der Waals surface area contributed by atoms with E-state index >= 15 is 0 Å². The summed E-state index contributed by atoms with van der Waals surface area (Å²) >= 11 is 0. The SMILES string of the molecule is O=c1cc[nH]c2ccnc(C(F)(F)F)c12. The van der Waals surface area contributed by atoms with Gasteiger partial charge in [0, 0.05) is 18.5 Å². The van der Waals surface area contributed by atoms with E-state index in [0.29, 0.717) is 0 Å². The molecule has 0 bridgehead atoms. The van der Waals surface area contributed by atoms with E-state index in [2.05, 4.69) is 9.97 Å². The molecule has 15 heavy (non-hydrogen) atoms. The average molecular weight is 214 g/mol. The average Bonchev–Trinajstić information content (AvgIpc) is 2.16. The number of fused-ring (bicyclic) bond motifs is 1. The Labute approximate surface area is 81.6 Å². The molecule has 0 fully saturated rings. The van der Waals surface area contributed by atoms with Gasteiger partial charge in [0.25, 0.3) is 0 Å². The number of pyridine rings is 2. The zero-order valence-corrected chi connectivity index (χ0v) is 7.30. The van der Waals surface area contributed by atoms with Crippen molar-refractivity contribution in [3.8, 4) is 0 Å². The molecule has 1 N–H and O–H groups in total. The number of aromatic nitrogens is 2. The second-order valence-electron chi connectivity index (χ2n) is 2.92. The summed E-state index contributed by atoms with van der Waals surface area (Å²) < 4.78 is 37.4. The number of nitrogens with zero attached hydrogens (tertiary/aromatic N) is 1. The van der Waals surface area contributed by atoms with Crippen LogP contribution in [0.2, 0.25) is 0 Å². The van der Waals surface area contributed by atoms with Gasteiger partial charge in [-0.05, 0) is 6.07 Å². The Morgan fingerprint density at radius 2 is 2.00 bits per heavy atom. The number of aromatic amines is 1. The van der Waals surface area contributed by atoms with Gasteiger partial charge in [0.1, 0.15) is 0 Å². The number of nitrogens with one attached hydrogen (secondary N) is 1. The minimum Gasteiger partial charge on any atom is -0.361 e. The van der Waals surface area contributed by atoms with Crippen LogP contribution in [0.1, 0.15) is 5.69 Å². The molecule has 0 spiro atoms. The Hall–Kier alpha value is -1.85. The van der Waals surface area contributed by atoms with Crippen LogP contribution in [0.5, 0.6) is 0 Å². The van der Waals surface area contributed by atoms with Gasteiger partial charge in [-0.1, -0.05) is 0 Å². The van der Waals surface area contributed by atoms with Crippen molar-refractivity contribution in [1.82, 2.24) is 9.97 Å². The van der Waals surface area contributed by atoms with Crippen LogP contribution in [0.3, 0.4) is 0 Å². The van der Waals surface area contributed by atoms with Crippen LogP contribution in [0.15, 0.2) is 29.3 Å². The van der Waals surface area contributed by atoms with Gasteiger partial charge >= 0.3 is 6.18 Å².